The van der Waals surface area contributed by atoms with Crippen molar-refractivity contribution in [3.63, 3.8) is 0 Å². The zero-order valence-corrected chi connectivity index (χ0v) is 15.2. The van der Waals surface area contributed by atoms with E-state index in [1.165, 1.54) is 23.2 Å². The normalized spacial score (nSPS) is 17.4. The molecule has 0 fully saturated rings. The molecule has 7 heteroatoms. The van der Waals surface area contributed by atoms with Gasteiger partial charge in [0.2, 0.25) is 0 Å². The van der Waals surface area contributed by atoms with Crippen molar-refractivity contribution in [2.75, 3.05) is 4.90 Å². The van der Waals surface area contributed by atoms with Crippen molar-refractivity contribution in [3.05, 3.63) is 70.4 Å². The van der Waals surface area contributed by atoms with Gasteiger partial charge in [-0.2, -0.15) is 0 Å². The maximum Gasteiger partial charge on any atom is 0.296 e. The largest absolute Gasteiger partial charge is 0.503 e. The number of fused-ring (bicyclic) bond motifs is 1. The summed E-state index contributed by atoms with van der Waals surface area (Å²) in [6.07, 6.45) is 0. The molecule has 1 atom stereocenters. The van der Waals surface area contributed by atoms with Crippen LogP contribution in [-0.2, 0) is 9.59 Å². The number of Topliss-reactive ketones (excluding diaryl/α,β-unsaturated/α-hetero) is 1. The summed E-state index contributed by atoms with van der Waals surface area (Å²) in [4.78, 5) is 30.8. The van der Waals surface area contributed by atoms with E-state index in [4.69, 9.17) is 11.6 Å². The Morgan fingerprint density at radius 2 is 1.88 bits per heavy atom. The summed E-state index contributed by atoms with van der Waals surface area (Å²) < 4.78 is 0.918. The Labute approximate surface area is 158 Å². The first kappa shape index (κ1) is 16.8. The van der Waals surface area contributed by atoms with Crippen molar-refractivity contribution in [2.45, 2.75) is 13.0 Å². The van der Waals surface area contributed by atoms with E-state index < -0.39 is 17.7 Å². The minimum Gasteiger partial charge on any atom is -0.503 e. The molecule has 0 radical (unpaired) electrons. The zero-order valence-electron chi connectivity index (χ0n) is 13.6. The van der Waals surface area contributed by atoms with Crippen LogP contribution in [-0.4, -0.2) is 21.8 Å². The number of ketones is 1. The number of halogens is 1. The highest BCUT2D eigenvalue weighted by Crippen LogP contribution is 2.43. The van der Waals surface area contributed by atoms with Crippen LogP contribution >= 0.6 is 22.9 Å². The average molecular weight is 385 g/mol. The Balaban J connectivity index is 1.90. The molecule has 5 nitrogen and oxygen atoms in total. The number of aliphatic hydroxyl groups excluding tert-OH is 1. The lowest BCUT2D eigenvalue weighted by Gasteiger charge is -2.24. The molecule has 1 amide bonds. The van der Waals surface area contributed by atoms with Gasteiger partial charge in [-0.15, -0.1) is 0 Å². The van der Waals surface area contributed by atoms with Gasteiger partial charge >= 0.3 is 0 Å². The molecule has 4 rings (SSSR count). The van der Waals surface area contributed by atoms with Crippen molar-refractivity contribution in [3.8, 4) is 0 Å². The van der Waals surface area contributed by atoms with Crippen molar-refractivity contribution in [1.82, 2.24) is 4.98 Å². The Morgan fingerprint density at radius 3 is 2.54 bits per heavy atom. The first-order valence-electron chi connectivity index (χ1n) is 7.86. The first-order valence-corrected chi connectivity index (χ1v) is 9.05. The fourth-order valence-corrected chi connectivity index (χ4v) is 4.20. The molecule has 2 heterocycles. The van der Waals surface area contributed by atoms with Crippen molar-refractivity contribution in [2.24, 2.45) is 0 Å². The summed E-state index contributed by atoms with van der Waals surface area (Å²) in [7, 11) is 0. The van der Waals surface area contributed by atoms with Crippen molar-refractivity contribution >= 4 is 50.0 Å². The summed E-state index contributed by atoms with van der Waals surface area (Å²) in [6, 6.07) is 13.6. The van der Waals surface area contributed by atoms with E-state index in [0.717, 1.165) is 10.2 Å². The van der Waals surface area contributed by atoms with Crippen LogP contribution in [0.4, 0.5) is 5.13 Å². The molecular formula is C19H13ClN2O3S. The van der Waals surface area contributed by atoms with E-state index >= 15 is 0 Å². The minimum atomic E-state index is -0.738. The van der Waals surface area contributed by atoms with E-state index in [1.807, 2.05) is 24.3 Å². The van der Waals surface area contributed by atoms with Crippen LogP contribution < -0.4 is 4.90 Å². The van der Waals surface area contributed by atoms with Gasteiger partial charge in [0.05, 0.1) is 21.8 Å². The second kappa shape index (κ2) is 6.23. The highest BCUT2D eigenvalue weighted by molar-refractivity contribution is 7.22. The first-order chi connectivity index (χ1) is 12.5. The minimum absolute atomic E-state index is 0.0663. The summed E-state index contributed by atoms with van der Waals surface area (Å²) >= 11 is 7.30. The van der Waals surface area contributed by atoms with E-state index in [-0.39, 0.29) is 11.4 Å². The van der Waals surface area contributed by atoms with Crippen LogP contribution in [0.1, 0.15) is 18.5 Å². The number of benzene rings is 2. The molecule has 1 aromatic heterocycles. The number of carbonyl (C=O) groups is 2. The molecule has 0 bridgehead atoms. The maximum absolute atomic E-state index is 12.8. The summed E-state index contributed by atoms with van der Waals surface area (Å²) in [5, 5.41) is 11.3. The molecule has 0 saturated carbocycles. The summed E-state index contributed by atoms with van der Waals surface area (Å²) in [6.45, 7) is 1.34. The number of aliphatic hydroxyl groups is 1. The molecule has 0 saturated heterocycles. The molecule has 2 aromatic carbocycles. The van der Waals surface area contributed by atoms with Gasteiger partial charge in [0.15, 0.2) is 16.7 Å². The smallest absolute Gasteiger partial charge is 0.296 e. The molecule has 0 aliphatic carbocycles. The number of anilines is 1. The topological polar surface area (TPSA) is 70.5 Å². The van der Waals surface area contributed by atoms with Crippen LogP contribution in [0.25, 0.3) is 10.2 Å². The van der Waals surface area contributed by atoms with Crippen LogP contribution in [0.15, 0.2) is 59.9 Å². The van der Waals surface area contributed by atoms with Crippen LogP contribution in [0.3, 0.4) is 0 Å². The number of amides is 1. The van der Waals surface area contributed by atoms with Crippen LogP contribution in [0.2, 0.25) is 5.02 Å². The lowest BCUT2D eigenvalue weighted by atomic mass is 9.97. The highest BCUT2D eigenvalue weighted by atomic mass is 35.5. The van der Waals surface area contributed by atoms with Gasteiger partial charge in [0.25, 0.3) is 5.91 Å². The average Bonchev–Trinajstić information content (AvgIpc) is 3.15. The standard InChI is InChI=1S/C19H13ClN2O3S/c1-10(23)15-16(11-6-8-12(20)9-7-11)22(18(25)17(15)24)19-21-13-4-2-3-5-14(13)26-19/h2-9,16,24H,1H3/t16-/m0/s1. The fraction of sp³-hybridized carbons (Fsp3) is 0.105. The van der Waals surface area contributed by atoms with Gasteiger partial charge < -0.3 is 5.11 Å². The number of hydrogen-bond donors (Lipinski definition) is 1. The molecule has 26 heavy (non-hydrogen) atoms. The van der Waals surface area contributed by atoms with Crippen LogP contribution in [0.5, 0.6) is 0 Å². The molecular weight excluding hydrogens is 372 g/mol. The zero-order chi connectivity index (χ0) is 18.4. The molecule has 1 aliphatic heterocycles. The van der Waals surface area contributed by atoms with Crippen molar-refractivity contribution < 1.29 is 14.7 Å². The predicted octanol–water partition coefficient (Wildman–Crippen LogP) is 4.44. The van der Waals surface area contributed by atoms with E-state index in [1.54, 1.807) is 24.3 Å². The Morgan fingerprint density at radius 1 is 1.19 bits per heavy atom. The lowest BCUT2D eigenvalue weighted by Crippen LogP contribution is -2.30. The summed E-state index contributed by atoms with van der Waals surface area (Å²) in [5.41, 5.74) is 1.50. The molecule has 130 valence electrons. The predicted molar refractivity (Wildman–Crippen MR) is 102 cm³/mol. The van der Waals surface area contributed by atoms with Gasteiger partial charge in [-0.3, -0.25) is 14.5 Å². The molecule has 1 N–H and O–H groups in total. The Bertz CT molecular complexity index is 1040. The van der Waals surface area contributed by atoms with Gasteiger partial charge in [-0.25, -0.2) is 4.98 Å². The van der Waals surface area contributed by atoms with Gasteiger partial charge in [0.1, 0.15) is 0 Å². The van der Waals surface area contributed by atoms with Crippen LogP contribution in [0, 0.1) is 0 Å². The third-order valence-corrected chi connectivity index (χ3v) is 5.55. The quantitative estimate of drug-likeness (QED) is 0.724. The van der Waals surface area contributed by atoms with Gasteiger partial charge in [-0.1, -0.05) is 47.2 Å². The fourth-order valence-electron chi connectivity index (χ4n) is 3.09. The van der Waals surface area contributed by atoms with E-state index in [0.29, 0.717) is 15.7 Å². The molecule has 3 aromatic rings. The second-order valence-corrected chi connectivity index (χ2v) is 7.36. The van der Waals surface area contributed by atoms with E-state index in [9.17, 15) is 14.7 Å². The molecule has 0 spiro atoms. The number of rotatable bonds is 3. The number of nitrogens with zero attached hydrogens (tertiary/aromatic N) is 2. The number of thiazole rings is 1. The third-order valence-electron chi connectivity index (χ3n) is 4.26. The van der Waals surface area contributed by atoms with Gasteiger partial charge in [-0.05, 0) is 36.8 Å². The van der Waals surface area contributed by atoms with Crippen molar-refractivity contribution in [1.29, 1.82) is 0 Å². The van der Waals surface area contributed by atoms with E-state index in [2.05, 4.69) is 4.98 Å². The number of hydrogen-bond acceptors (Lipinski definition) is 5. The second-order valence-electron chi connectivity index (χ2n) is 5.91. The Kier molecular flexibility index (Phi) is 4.01. The highest BCUT2D eigenvalue weighted by Gasteiger charge is 2.44. The number of aromatic nitrogens is 1. The SMILES string of the molecule is CC(=O)C1=C(O)C(=O)N(c2nc3ccccc3s2)[C@H]1c1ccc(Cl)cc1. The maximum atomic E-state index is 12.8. The third kappa shape index (κ3) is 2.58. The van der Waals surface area contributed by atoms with Gasteiger partial charge in [0, 0.05) is 5.02 Å². The monoisotopic (exact) mass is 384 g/mol. The number of carbonyl (C=O) groups excluding carboxylic acids is 2. The lowest BCUT2D eigenvalue weighted by molar-refractivity contribution is -0.117. The molecule has 0 unspecified atom stereocenters. The summed E-state index contributed by atoms with van der Waals surface area (Å²) in [5.74, 6) is -1.52. The Hall–Kier alpha value is -2.70. The molecule has 1 aliphatic rings. The number of para-hydroxylation sites is 1.